The second kappa shape index (κ2) is 12.3. The molecule has 40 heavy (non-hydrogen) atoms. The molecule has 1 heterocycles. The Morgan fingerprint density at radius 3 is 2.15 bits per heavy atom. The summed E-state index contributed by atoms with van der Waals surface area (Å²) in [5.41, 5.74) is 11.2. The van der Waals surface area contributed by atoms with Crippen molar-refractivity contribution in [3.05, 3.63) is 113 Å². The van der Waals surface area contributed by atoms with Crippen LogP contribution in [-0.4, -0.2) is 54.8 Å². The van der Waals surface area contributed by atoms with Crippen molar-refractivity contribution < 1.29 is 9.59 Å². The SMILES string of the molecule is CN1CCN(C(C(=O)Nc2ccc(Cl)cc2)c2ccc(C(=O)Nc3cc(-c4ccccc4)ccc3N)cc2)CC1. The largest absolute Gasteiger partial charge is 0.397 e. The number of nitrogens with two attached hydrogens (primary N) is 1. The zero-order valence-corrected chi connectivity index (χ0v) is 23.1. The normalized spacial score (nSPS) is 14.8. The van der Waals surface area contributed by atoms with Crippen molar-refractivity contribution in [2.24, 2.45) is 0 Å². The van der Waals surface area contributed by atoms with Gasteiger partial charge in [-0.1, -0.05) is 60.1 Å². The van der Waals surface area contributed by atoms with E-state index in [2.05, 4.69) is 27.5 Å². The highest BCUT2D eigenvalue weighted by Crippen LogP contribution is 2.29. The monoisotopic (exact) mass is 553 g/mol. The Hall–Kier alpha value is -4.17. The molecule has 4 aromatic rings. The number of rotatable bonds is 7. The smallest absolute Gasteiger partial charge is 0.255 e. The van der Waals surface area contributed by atoms with Gasteiger partial charge < -0.3 is 21.3 Å². The van der Waals surface area contributed by atoms with Gasteiger partial charge in [-0.05, 0) is 72.3 Å². The fourth-order valence-corrected chi connectivity index (χ4v) is 4.96. The summed E-state index contributed by atoms with van der Waals surface area (Å²) < 4.78 is 0. The first kappa shape index (κ1) is 27.4. The highest BCUT2D eigenvalue weighted by molar-refractivity contribution is 6.30. The average Bonchev–Trinajstić information content (AvgIpc) is 2.97. The van der Waals surface area contributed by atoms with Gasteiger partial charge in [-0.2, -0.15) is 0 Å². The molecule has 1 unspecified atom stereocenters. The predicted octanol–water partition coefficient (Wildman–Crippen LogP) is 5.77. The lowest BCUT2D eigenvalue weighted by molar-refractivity contribution is -0.122. The van der Waals surface area contributed by atoms with E-state index in [4.69, 9.17) is 17.3 Å². The van der Waals surface area contributed by atoms with E-state index in [0.29, 0.717) is 27.6 Å². The van der Waals surface area contributed by atoms with Crippen molar-refractivity contribution in [1.29, 1.82) is 0 Å². The van der Waals surface area contributed by atoms with E-state index in [1.165, 1.54) is 0 Å². The number of amides is 2. The number of anilines is 3. The van der Waals surface area contributed by atoms with E-state index in [1.807, 2.05) is 54.6 Å². The summed E-state index contributed by atoms with van der Waals surface area (Å²) in [6.07, 6.45) is 0. The molecule has 1 aliphatic rings. The average molecular weight is 554 g/mol. The number of nitrogen functional groups attached to an aromatic ring is 1. The molecule has 0 aliphatic carbocycles. The molecule has 1 fully saturated rings. The predicted molar refractivity (Wildman–Crippen MR) is 163 cm³/mol. The van der Waals surface area contributed by atoms with Gasteiger partial charge in [0.05, 0.1) is 11.4 Å². The molecule has 0 aromatic heterocycles. The van der Waals surface area contributed by atoms with Crippen LogP contribution in [0, 0.1) is 0 Å². The Bertz CT molecular complexity index is 1470. The third-order valence-electron chi connectivity index (χ3n) is 7.16. The molecular formula is C32H32ClN5O2. The van der Waals surface area contributed by atoms with E-state index >= 15 is 0 Å². The minimum Gasteiger partial charge on any atom is -0.397 e. The lowest BCUT2D eigenvalue weighted by Gasteiger charge is -2.37. The number of nitrogens with zero attached hydrogens (tertiary/aromatic N) is 2. The van der Waals surface area contributed by atoms with Crippen molar-refractivity contribution in [1.82, 2.24) is 9.80 Å². The first-order valence-electron chi connectivity index (χ1n) is 13.2. The topological polar surface area (TPSA) is 90.7 Å². The molecule has 0 bridgehead atoms. The van der Waals surface area contributed by atoms with Crippen LogP contribution in [0.1, 0.15) is 22.0 Å². The molecule has 2 amide bonds. The van der Waals surface area contributed by atoms with Crippen molar-refractivity contribution in [2.45, 2.75) is 6.04 Å². The number of benzene rings is 4. The van der Waals surface area contributed by atoms with Crippen molar-refractivity contribution in [2.75, 3.05) is 49.6 Å². The molecule has 5 rings (SSSR count). The van der Waals surface area contributed by atoms with E-state index in [0.717, 1.165) is 42.9 Å². The lowest BCUT2D eigenvalue weighted by Crippen LogP contribution is -2.48. The number of likely N-dealkylation sites (N-methyl/N-ethyl adjacent to an activating group) is 1. The van der Waals surface area contributed by atoms with Crippen LogP contribution in [0.15, 0.2) is 97.1 Å². The molecule has 7 nitrogen and oxygen atoms in total. The summed E-state index contributed by atoms with van der Waals surface area (Å²) in [6.45, 7) is 3.26. The van der Waals surface area contributed by atoms with Crippen LogP contribution >= 0.6 is 11.6 Å². The van der Waals surface area contributed by atoms with Gasteiger partial charge in [-0.3, -0.25) is 14.5 Å². The third kappa shape index (κ3) is 6.51. The number of carbonyl (C=O) groups is 2. The molecule has 4 N–H and O–H groups in total. The first-order valence-corrected chi connectivity index (χ1v) is 13.6. The minimum absolute atomic E-state index is 0.130. The second-order valence-electron chi connectivity index (χ2n) is 9.98. The Morgan fingerprint density at radius 2 is 1.48 bits per heavy atom. The van der Waals surface area contributed by atoms with Gasteiger partial charge in [-0.25, -0.2) is 0 Å². The molecule has 0 radical (unpaired) electrons. The number of piperazine rings is 1. The Labute approximate surface area is 239 Å². The molecule has 0 saturated carbocycles. The fourth-order valence-electron chi connectivity index (χ4n) is 4.84. The van der Waals surface area contributed by atoms with E-state index in [9.17, 15) is 9.59 Å². The summed E-state index contributed by atoms with van der Waals surface area (Å²) in [5, 5.41) is 6.58. The van der Waals surface area contributed by atoms with Gasteiger partial charge >= 0.3 is 0 Å². The highest BCUT2D eigenvalue weighted by Gasteiger charge is 2.30. The molecule has 204 valence electrons. The van der Waals surface area contributed by atoms with Gasteiger partial charge in [0.1, 0.15) is 6.04 Å². The highest BCUT2D eigenvalue weighted by atomic mass is 35.5. The van der Waals surface area contributed by atoms with E-state index in [1.54, 1.807) is 42.5 Å². The van der Waals surface area contributed by atoms with Crippen molar-refractivity contribution in [3.63, 3.8) is 0 Å². The van der Waals surface area contributed by atoms with Gasteiger partial charge in [0.2, 0.25) is 5.91 Å². The molecule has 0 spiro atoms. The number of nitrogens with one attached hydrogen (secondary N) is 2. The van der Waals surface area contributed by atoms with Crippen molar-refractivity contribution >= 4 is 40.5 Å². The summed E-state index contributed by atoms with van der Waals surface area (Å²) in [7, 11) is 2.08. The maximum Gasteiger partial charge on any atom is 0.255 e. The summed E-state index contributed by atoms with van der Waals surface area (Å²) in [5.74, 6) is -0.403. The second-order valence-corrected chi connectivity index (χ2v) is 10.4. The molecule has 1 atom stereocenters. The Kier molecular flexibility index (Phi) is 8.45. The van der Waals surface area contributed by atoms with Gasteiger partial charge in [0.25, 0.3) is 5.91 Å². The molecule has 4 aromatic carbocycles. The molecule has 1 aliphatic heterocycles. The molecular weight excluding hydrogens is 522 g/mol. The van der Waals surface area contributed by atoms with E-state index < -0.39 is 6.04 Å². The van der Waals surface area contributed by atoms with Crippen LogP contribution in [0.4, 0.5) is 17.1 Å². The third-order valence-corrected chi connectivity index (χ3v) is 7.41. The Balaban J connectivity index is 1.35. The van der Waals surface area contributed by atoms with E-state index in [-0.39, 0.29) is 11.8 Å². The van der Waals surface area contributed by atoms with Gasteiger partial charge in [0.15, 0.2) is 0 Å². The Morgan fingerprint density at radius 1 is 0.800 bits per heavy atom. The quantitative estimate of drug-likeness (QED) is 0.253. The minimum atomic E-state index is -0.500. The number of hydrogen-bond donors (Lipinski definition) is 3. The summed E-state index contributed by atoms with van der Waals surface area (Å²) >= 11 is 6.01. The first-order chi connectivity index (χ1) is 19.4. The summed E-state index contributed by atoms with van der Waals surface area (Å²) in [6, 6.07) is 29.3. The fraction of sp³-hybridized carbons (Fsp3) is 0.188. The van der Waals surface area contributed by atoms with Crippen LogP contribution in [0.3, 0.4) is 0 Å². The van der Waals surface area contributed by atoms with Gasteiger partial charge in [0, 0.05) is 42.5 Å². The summed E-state index contributed by atoms with van der Waals surface area (Å²) in [4.78, 5) is 31.1. The van der Waals surface area contributed by atoms with Crippen molar-refractivity contribution in [3.8, 4) is 11.1 Å². The molecule has 8 heteroatoms. The van der Waals surface area contributed by atoms with Crippen LogP contribution in [0.5, 0.6) is 0 Å². The van der Waals surface area contributed by atoms with Crippen LogP contribution < -0.4 is 16.4 Å². The standard InChI is InChI=1S/C32H32ClN5O2/c1-37-17-19-38(20-18-37)30(32(40)35-27-14-12-26(33)13-15-27)23-7-9-24(10-8-23)31(39)36-29-21-25(11-16-28(29)34)22-5-3-2-4-6-22/h2-16,21,30H,17-20,34H2,1H3,(H,35,40)(H,36,39). The number of carbonyl (C=O) groups excluding carboxylic acids is 2. The zero-order valence-electron chi connectivity index (χ0n) is 22.3. The lowest BCUT2D eigenvalue weighted by atomic mass is 10.0. The van der Waals surface area contributed by atoms with Gasteiger partial charge in [-0.15, -0.1) is 0 Å². The zero-order chi connectivity index (χ0) is 28.1. The van der Waals surface area contributed by atoms with Crippen LogP contribution in [0.25, 0.3) is 11.1 Å². The maximum atomic E-state index is 13.5. The molecule has 1 saturated heterocycles. The maximum absolute atomic E-state index is 13.5. The number of halogens is 1. The number of hydrogen-bond acceptors (Lipinski definition) is 5. The van der Waals surface area contributed by atoms with Crippen LogP contribution in [-0.2, 0) is 4.79 Å². The van der Waals surface area contributed by atoms with Crippen LogP contribution in [0.2, 0.25) is 5.02 Å².